The molecule has 4 bridgehead atoms. The van der Waals surface area contributed by atoms with E-state index < -0.39 is 23.2 Å². The van der Waals surface area contributed by atoms with Gasteiger partial charge in [0.05, 0.1) is 11.5 Å². The normalized spacial score (nSPS) is 39.0. The second-order valence-corrected chi connectivity index (χ2v) is 7.41. The molecule has 0 aromatic heterocycles. The summed E-state index contributed by atoms with van der Waals surface area (Å²) in [7, 11) is 0. The number of hydrogen-bond donors (Lipinski definition) is 0. The Labute approximate surface area is 135 Å². The summed E-state index contributed by atoms with van der Waals surface area (Å²) in [5.74, 6) is -0.158. The molecule has 4 fully saturated rings. The zero-order valence-corrected chi connectivity index (χ0v) is 13.8. The van der Waals surface area contributed by atoms with E-state index in [0.717, 1.165) is 19.3 Å². The van der Waals surface area contributed by atoms with E-state index in [0.29, 0.717) is 25.2 Å². The molecule has 2 aliphatic heterocycles. The molecule has 124 valence electrons. The van der Waals surface area contributed by atoms with Gasteiger partial charge in [0.25, 0.3) is 0 Å². The van der Waals surface area contributed by atoms with Gasteiger partial charge in [-0.1, -0.05) is 6.92 Å². The summed E-state index contributed by atoms with van der Waals surface area (Å²) in [5.41, 5.74) is -0.406. The molecule has 2 aliphatic carbocycles. The van der Waals surface area contributed by atoms with Crippen molar-refractivity contribution in [2.75, 3.05) is 0 Å². The number of fused-ring (bicyclic) bond motifs is 1. The number of halogens is 1. The molecule has 0 aromatic carbocycles. The zero-order valence-electron chi connectivity index (χ0n) is 13.0. The van der Waals surface area contributed by atoms with E-state index in [1.807, 2.05) is 6.92 Å². The van der Waals surface area contributed by atoms with Gasteiger partial charge in [-0.25, -0.2) is 0 Å². The molecule has 6 unspecified atom stereocenters. The van der Waals surface area contributed by atoms with Crippen molar-refractivity contribution in [3.05, 3.63) is 0 Å². The second-order valence-electron chi connectivity index (χ2n) is 6.89. The average molecular weight is 331 g/mol. The van der Waals surface area contributed by atoms with Crippen LogP contribution in [0.2, 0.25) is 0 Å². The molecule has 2 saturated carbocycles. The maximum atomic E-state index is 12.0. The Hall–Kier alpha value is -0.810. The van der Waals surface area contributed by atoms with Crippen molar-refractivity contribution >= 4 is 23.5 Å². The van der Waals surface area contributed by atoms with Gasteiger partial charge >= 0.3 is 11.9 Å². The van der Waals surface area contributed by atoms with Gasteiger partial charge in [-0.15, -0.1) is 11.6 Å². The van der Waals surface area contributed by atoms with Crippen LogP contribution in [0.15, 0.2) is 0 Å². The van der Waals surface area contributed by atoms with Gasteiger partial charge in [0, 0.05) is 6.42 Å². The maximum absolute atomic E-state index is 12.0. The second kappa shape index (κ2) is 6.00. The van der Waals surface area contributed by atoms with Crippen molar-refractivity contribution in [2.45, 2.75) is 75.7 Å². The lowest BCUT2D eigenvalue weighted by Gasteiger charge is -2.46. The summed E-state index contributed by atoms with van der Waals surface area (Å²) < 4.78 is 16.9. The summed E-state index contributed by atoms with van der Waals surface area (Å²) >= 11 is 5.89. The van der Waals surface area contributed by atoms with E-state index in [9.17, 15) is 9.59 Å². The molecule has 0 radical (unpaired) electrons. The number of rotatable bonds is 5. The molecule has 0 aromatic rings. The Morgan fingerprint density at radius 1 is 1.41 bits per heavy atom. The lowest BCUT2D eigenvalue weighted by Crippen LogP contribution is -2.49. The first-order chi connectivity index (χ1) is 10.4. The quantitative estimate of drug-likeness (QED) is 0.440. The van der Waals surface area contributed by atoms with Gasteiger partial charge in [0.15, 0.2) is 0 Å². The highest BCUT2D eigenvalue weighted by Crippen LogP contribution is 2.51. The maximum Gasteiger partial charge on any atom is 0.326 e. The van der Waals surface area contributed by atoms with Crippen LogP contribution in [0.5, 0.6) is 0 Å². The number of esters is 2. The molecule has 22 heavy (non-hydrogen) atoms. The van der Waals surface area contributed by atoms with E-state index in [-0.39, 0.29) is 18.0 Å². The van der Waals surface area contributed by atoms with E-state index in [4.69, 9.17) is 25.8 Å². The number of carbonyl (C=O) groups is 2. The smallest absolute Gasteiger partial charge is 0.326 e. The molecule has 0 N–H and O–H groups in total. The average Bonchev–Trinajstić information content (AvgIpc) is 2.59. The third-order valence-corrected chi connectivity index (χ3v) is 5.51. The molecule has 6 heteroatoms. The number of hydrogen-bond acceptors (Lipinski definition) is 5. The topological polar surface area (TPSA) is 61.8 Å². The standard InChI is InChI=1S/C16H23ClO5/c1-3-13(17)15(19)20-9(2)22-16-6-10-4-11(7-16)14(18)21-12(5-10)8-16/h9-13H,3-8H2,1-2H3. The summed E-state index contributed by atoms with van der Waals surface area (Å²) in [6.45, 7) is 3.55. The Kier molecular flexibility index (Phi) is 4.38. The fourth-order valence-electron chi connectivity index (χ4n) is 4.30. The van der Waals surface area contributed by atoms with Crippen molar-refractivity contribution < 1.29 is 23.8 Å². The molecule has 0 spiro atoms. The zero-order chi connectivity index (χ0) is 15.9. The van der Waals surface area contributed by atoms with Crippen LogP contribution in [0.25, 0.3) is 0 Å². The Morgan fingerprint density at radius 2 is 2.18 bits per heavy atom. The minimum Gasteiger partial charge on any atom is -0.462 e. The first-order valence-corrected chi connectivity index (χ1v) is 8.57. The van der Waals surface area contributed by atoms with Crippen molar-refractivity contribution in [2.24, 2.45) is 11.8 Å². The van der Waals surface area contributed by atoms with Crippen molar-refractivity contribution in [1.82, 2.24) is 0 Å². The predicted octanol–water partition coefficient (Wildman–Crippen LogP) is 2.78. The minimum atomic E-state index is -0.661. The summed E-state index contributed by atoms with van der Waals surface area (Å²) in [6.07, 6.45) is 3.91. The minimum absolute atomic E-state index is 0.0573. The largest absolute Gasteiger partial charge is 0.462 e. The molecule has 0 amide bonds. The van der Waals surface area contributed by atoms with Crippen molar-refractivity contribution in [1.29, 1.82) is 0 Å². The SMILES string of the molecule is CCC(Cl)C(=O)OC(C)OC12CC3CC(C1)OC(=O)C(C3)C2. The molecule has 2 heterocycles. The van der Waals surface area contributed by atoms with Crippen LogP contribution in [0, 0.1) is 11.8 Å². The number of ether oxygens (including phenoxy) is 3. The monoisotopic (exact) mass is 330 g/mol. The van der Waals surface area contributed by atoms with Gasteiger partial charge in [-0.2, -0.15) is 0 Å². The van der Waals surface area contributed by atoms with E-state index in [1.54, 1.807) is 6.92 Å². The van der Waals surface area contributed by atoms with Gasteiger partial charge in [0.2, 0.25) is 6.29 Å². The van der Waals surface area contributed by atoms with E-state index >= 15 is 0 Å². The van der Waals surface area contributed by atoms with Crippen LogP contribution in [-0.4, -0.2) is 35.3 Å². The fourth-order valence-corrected chi connectivity index (χ4v) is 4.35. The first kappa shape index (κ1) is 16.1. The molecule has 4 rings (SSSR count). The van der Waals surface area contributed by atoms with E-state index in [1.165, 1.54) is 0 Å². The van der Waals surface area contributed by atoms with Gasteiger partial charge < -0.3 is 14.2 Å². The molecule has 4 aliphatic rings. The summed E-state index contributed by atoms with van der Waals surface area (Å²) in [5, 5.41) is -0.643. The van der Waals surface area contributed by atoms with Crippen LogP contribution >= 0.6 is 11.6 Å². The van der Waals surface area contributed by atoms with E-state index in [2.05, 4.69) is 0 Å². The summed E-state index contributed by atoms with van der Waals surface area (Å²) in [4.78, 5) is 23.8. The fraction of sp³-hybridized carbons (Fsp3) is 0.875. The Morgan fingerprint density at radius 3 is 2.91 bits per heavy atom. The Balaban J connectivity index is 1.66. The lowest BCUT2D eigenvalue weighted by atomic mass is 9.65. The van der Waals surface area contributed by atoms with Crippen LogP contribution in [0.1, 0.15) is 52.4 Å². The first-order valence-electron chi connectivity index (χ1n) is 8.13. The predicted molar refractivity (Wildman–Crippen MR) is 79.2 cm³/mol. The lowest BCUT2D eigenvalue weighted by molar-refractivity contribution is -0.229. The van der Waals surface area contributed by atoms with Gasteiger partial charge in [-0.05, 0) is 44.9 Å². The highest BCUT2D eigenvalue weighted by Gasteiger charge is 2.54. The molecular formula is C16H23ClO5. The molecule has 6 atom stereocenters. The van der Waals surface area contributed by atoms with Crippen LogP contribution in [0.4, 0.5) is 0 Å². The van der Waals surface area contributed by atoms with Gasteiger partial charge in [0.1, 0.15) is 11.5 Å². The van der Waals surface area contributed by atoms with Crippen LogP contribution < -0.4 is 0 Å². The van der Waals surface area contributed by atoms with Crippen LogP contribution in [-0.2, 0) is 23.8 Å². The highest BCUT2D eigenvalue weighted by molar-refractivity contribution is 6.29. The highest BCUT2D eigenvalue weighted by atomic mass is 35.5. The molecule has 5 nitrogen and oxygen atoms in total. The summed E-state index contributed by atoms with van der Waals surface area (Å²) in [6, 6.07) is 0. The third kappa shape index (κ3) is 3.11. The number of alkyl halides is 1. The molecule has 2 saturated heterocycles. The van der Waals surface area contributed by atoms with Gasteiger partial charge in [-0.3, -0.25) is 9.59 Å². The van der Waals surface area contributed by atoms with Crippen molar-refractivity contribution in [3.8, 4) is 0 Å². The third-order valence-electron chi connectivity index (χ3n) is 5.02. The molecular weight excluding hydrogens is 308 g/mol. The number of carbonyl (C=O) groups excluding carboxylic acids is 2. The van der Waals surface area contributed by atoms with Crippen LogP contribution in [0.3, 0.4) is 0 Å². The van der Waals surface area contributed by atoms with Crippen molar-refractivity contribution in [3.63, 3.8) is 0 Å². The Bertz CT molecular complexity index is 467.